The number of hydrogen-bond donors (Lipinski definition) is 2. The van der Waals surface area contributed by atoms with Crippen molar-refractivity contribution in [2.45, 2.75) is 63.5 Å². The van der Waals surface area contributed by atoms with Gasteiger partial charge in [0.05, 0.1) is 6.54 Å². The summed E-state index contributed by atoms with van der Waals surface area (Å²) in [5.74, 6) is 0.371. The van der Waals surface area contributed by atoms with Gasteiger partial charge < -0.3 is 15.2 Å². The standard InChI is InChI=1S/C27H31N3O3/c1-20-17-23(30-33-20)19-28-26(32)27(15-9-4-10-16-27)29-25(31)18-24(21-11-5-2-6-12-21)22-13-7-3-8-14-22/h2-3,5-8,11-14,17,24H,4,9-10,15-16,18-19H2,1H3,(H,28,32)(H,29,31). The van der Waals surface area contributed by atoms with Gasteiger partial charge in [0.2, 0.25) is 11.8 Å². The van der Waals surface area contributed by atoms with Crippen LogP contribution in [0.5, 0.6) is 0 Å². The molecule has 0 radical (unpaired) electrons. The quantitative estimate of drug-likeness (QED) is 0.529. The van der Waals surface area contributed by atoms with E-state index in [9.17, 15) is 9.59 Å². The molecule has 2 aromatic carbocycles. The zero-order chi connectivity index (χ0) is 23.1. The van der Waals surface area contributed by atoms with Crippen molar-refractivity contribution < 1.29 is 14.1 Å². The largest absolute Gasteiger partial charge is 0.361 e. The maximum atomic E-state index is 13.3. The van der Waals surface area contributed by atoms with E-state index in [2.05, 4.69) is 15.8 Å². The summed E-state index contributed by atoms with van der Waals surface area (Å²) in [6.07, 6.45) is 4.47. The number of aromatic nitrogens is 1. The number of benzene rings is 2. The Kier molecular flexibility index (Phi) is 7.23. The van der Waals surface area contributed by atoms with E-state index in [0.29, 0.717) is 24.3 Å². The second kappa shape index (κ2) is 10.5. The minimum atomic E-state index is -0.883. The Balaban J connectivity index is 1.49. The number of aryl methyl sites for hydroxylation is 1. The van der Waals surface area contributed by atoms with Crippen molar-refractivity contribution in [3.05, 3.63) is 89.3 Å². The predicted molar refractivity (Wildman–Crippen MR) is 126 cm³/mol. The highest BCUT2D eigenvalue weighted by atomic mass is 16.5. The van der Waals surface area contributed by atoms with Crippen LogP contribution in [-0.2, 0) is 16.1 Å². The molecule has 1 fully saturated rings. The molecule has 33 heavy (non-hydrogen) atoms. The lowest BCUT2D eigenvalue weighted by atomic mass is 9.80. The van der Waals surface area contributed by atoms with E-state index in [4.69, 9.17) is 4.52 Å². The fourth-order valence-electron chi connectivity index (χ4n) is 4.71. The van der Waals surface area contributed by atoms with Crippen LogP contribution < -0.4 is 10.6 Å². The first-order valence-corrected chi connectivity index (χ1v) is 11.7. The van der Waals surface area contributed by atoms with Crippen LogP contribution in [0.15, 0.2) is 71.3 Å². The molecule has 2 N–H and O–H groups in total. The van der Waals surface area contributed by atoms with Gasteiger partial charge in [0.25, 0.3) is 0 Å². The first kappa shape index (κ1) is 22.8. The summed E-state index contributed by atoms with van der Waals surface area (Å²) in [7, 11) is 0. The van der Waals surface area contributed by atoms with Crippen LogP contribution >= 0.6 is 0 Å². The van der Waals surface area contributed by atoms with E-state index < -0.39 is 5.54 Å². The van der Waals surface area contributed by atoms with Gasteiger partial charge in [-0.1, -0.05) is 85.1 Å². The normalized spacial score (nSPS) is 15.2. The second-order valence-corrected chi connectivity index (χ2v) is 8.88. The summed E-state index contributed by atoms with van der Waals surface area (Å²) in [6.45, 7) is 2.10. The highest BCUT2D eigenvalue weighted by molar-refractivity contribution is 5.92. The smallest absolute Gasteiger partial charge is 0.246 e. The zero-order valence-electron chi connectivity index (χ0n) is 19.0. The first-order chi connectivity index (χ1) is 16.1. The van der Waals surface area contributed by atoms with Gasteiger partial charge in [-0.2, -0.15) is 0 Å². The van der Waals surface area contributed by atoms with Gasteiger partial charge in [0.15, 0.2) is 0 Å². The van der Waals surface area contributed by atoms with Crippen LogP contribution in [0.25, 0.3) is 0 Å². The van der Waals surface area contributed by atoms with E-state index in [1.165, 1.54) is 0 Å². The van der Waals surface area contributed by atoms with Gasteiger partial charge in [0.1, 0.15) is 17.0 Å². The van der Waals surface area contributed by atoms with Crippen molar-refractivity contribution in [2.75, 3.05) is 0 Å². The van der Waals surface area contributed by atoms with E-state index >= 15 is 0 Å². The minimum absolute atomic E-state index is 0.0748. The first-order valence-electron chi connectivity index (χ1n) is 11.7. The summed E-state index contributed by atoms with van der Waals surface area (Å²) in [6, 6.07) is 21.9. The van der Waals surface area contributed by atoms with Crippen molar-refractivity contribution in [2.24, 2.45) is 0 Å². The molecule has 1 aromatic heterocycles. The van der Waals surface area contributed by atoms with Gasteiger partial charge in [-0.05, 0) is 30.9 Å². The number of nitrogens with zero attached hydrogens (tertiary/aromatic N) is 1. The van der Waals surface area contributed by atoms with Crippen LogP contribution in [0, 0.1) is 6.92 Å². The zero-order valence-corrected chi connectivity index (χ0v) is 19.0. The van der Waals surface area contributed by atoms with Crippen LogP contribution in [0.4, 0.5) is 0 Å². The summed E-state index contributed by atoms with van der Waals surface area (Å²) in [5, 5.41) is 10.1. The predicted octanol–water partition coefficient (Wildman–Crippen LogP) is 4.64. The van der Waals surface area contributed by atoms with Crippen LogP contribution in [-0.4, -0.2) is 22.5 Å². The summed E-state index contributed by atoms with van der Waals surface area (Å²) in [4.78, 5) is 26.6. The number of hydrogen-bond acceptors (Lipinski definition) is 4. The maximum absolute atomic E-state index is 13.3. The van der Waals surface area contributed by atoms with Gasteiger partial charge in [-0.15, -0.1) is 0 Å². The average molecular weight is 446 g/mol. The number of carbonyl (C=O) groups is 2. The number of amides is 2. The minimum Gasteiger partial charge on any atom is -0.361 e. The molecule has 1 saturated carbocycles. The SMILES string of the molecule is Cc1cc(CNC(=O)C2(NC(=O)CC(c3ccccc3)c3ccccc3)CCCCC2)no1. The average Bonchev–Trinajstić information content (AvgIpc) is 3.27. The molecule has 1 aliphatic carbocycles. The Morgan fingerprint density at radius 3 is 2.12 bits per heavy atom. The molecule has 0 bridgehead atoms. The van der Waals surface area contributed by atoms with Crippen molar-refractivity contribution in [3.63, 3.8) is 0 Å². The third-order valence-corrected chi connectivity index (χ3v) is 6.42. The van der Waals surface area contributed by atoms with E-state index in [1.54, 1.807) is 6.07 Å². The number of carbonyl (C=O) groups excluding carboxylic acids is 2. The lowest BCUT2D eigenvalue weighted by Crippen LogP contribution is -2.59. The molecule has 0 saturated heterocycles. The Morgan fingerprint density at radius 1 is 0.970 bits per heavy atom. The highest BCUT2D eigenvalue weighted by Gasteiger charge is 2.41. The fourth-order valence-corrected chi connectivity index (χ4v) is 4.71. The molecule has 0 atom stereocenters. The molecule has 2 amide bonds. The van der Waals surface area contributed by atoms with E-state index in [-0.39, 0.29) is 30.7 Å². The summed E-state index contributed by atoms with van der Waals surface area (Å²) < 4.78 is 5.09. The van der Waals surface area contributed by atoms with Crippen LogP contribution in [0.3, 0.4) is 0 Å². The molecule has 3 aromatic rings. The molecule has 0 aliphatic heterocycles. The van der Waals surface area contributed by atoms with Gasteiger partial charge in [-0.25, -0.2) is 0 Å². The Bertz CT molecular complexity index is 1020. The van der Waals surface area contributed by atoms with Crippen molar-refractivity contribution >= 4 is 11.8 Å². The molecular weight excluding hydrogens is 414 g/mol. The number of nitrogens with one attached hydrogen (secondary N) is 2. The molecule has 1 aliphatic rings. The summed E-state index contributed by atoms with van der Waals surface area (Å²) in [5.41, 5.74) is 1.96. The fraction of sp³-hybridized carbons (Fsp3) is 0.370. The molecule has 0 spiro atoms. The van der Waals surface area contributed by atoms with E-state index in [1.807, 2.05) is 67.6 Å². The third-order valence-electron chi connectivity index (χ3n) is 6.42. The van der Waals surface area contributed by atoms with Gasteiger partial charge in [0, 0.05) is 18.4 Å². The summed E-state index contributed by atoms with van der Waals surface area (Å²) >= 11 is 0. The van der Waals surface area contributed by atoms with E-state index in [0.717, 1.165) is 30.4 Å². The van der Waals surface area contributed by atoms with Crippen molar-refractivity contribution in [1.82, 2.24) is 15.8 Å². The lowest BCUT2D eigenvalue weighted by Gasteiger charge is -2.37. The molecule has 4 rings (SSSR count). The highest BCUT2D eigenvalue weighted by Crippen LogP contribution is 2.31. The molecule has 0 unspecified atom stereocenters. The van der Waals surface area contributed by atoms with Gasteiger partial charge >= 0.3 is 0 Å². The lowest BCUT2D eigenvalue weighted by molar-refractivity contribution is -0.135. The topological polar surface area (TPSA) is 84.2 Å². The van der Waals surface area contributed by atoms with Gasteiger partial charge in [-0.3, -0.25) is 9.59 Å². The molecule has 172 valence electrons. The van der Waals surface area contributed by atoms with Crippen molar-refractivity contribution in [1.29, 1.82) is 0 Å². The monoisotopic (exact) mass is 445 g/mol. The van der Waals surface area contributed by atoms with Crippen LogP contribution in [0.1, 0.15) is 67.0 Å². The maximum Gasteiger partial charge on any atom is 0.246 e. The number of rotatable bonds is 8. The Morgan fingerprint density at radius 2 is 1.58 bits per heavy atom. The third kappa shape index (κ3) is 5.69. The second-order valence-electron chi connectivity index (χ2n) is 8.88. The molecule has 6 heteroatoms. The molecule has 1 heterocycles. The molecule has 6 nitrogen and oxygen atoms in total. The van der Waals surface area contributed by atoms with Crippen molar-refractivity contribution in [3.8, 4) is 0 Å². The Hall–Kier alpha value is -3.41. The molecular formula is C27H31N3O3. The van der Waals surface area contributed by atoms with Crippen LogP contribution in [0.2, 0.25) is 0 Å². The Labute approximate surface area is 194 Å².